The van der Waals surface area contributed by atoms with Crippen molar-refractivity contribution >= 4 is 38.9 Å². The van der Waals surface area contributed by atoms with Gasteiger partial charge in [-0.2, -0.15) is 4.31 Å². The minimum atomic E-state index is -4.06. The van der Waals surface area contributed by atoms with Crippen molar-refractivity contribution in [1.82, 2.24) is 4.31 Å². The number of hydrogen-bond donors (Lipinski definition) is 0. The van der Waals surface area contributed by atoms with Gasteiger partial charge >= 0.3 is 0 Å². The van der Waals surface area contributed by atoms with Gasteiger partial charge in [-0.1, -0.05) is 72.3 Å². The van der Waals surface area contributed by atoms with E-state index in [1.165, 1.54) is 10.4 Å². The number of amides is 1. The molecule has 0 N–H and O–H groups in total. The number of sulfonamides is 1. The maximum Gasteiger partial charge on any atom is 0.270 e. The number of benzene rings is 3. The van der Waals surface area contributed by atoms with Crippen molar-refractivity contribution in [3.05, 3.63) is 105 Å². The Kier molecular flexibility index (Phi) is 7.39. The lowest BCUT2D eigenvalue weighted by Gasteiger charge is -2.30. The lowest BCUT2D eigenvalue weighted by Crippen LogP contribution is -2.40. The number of nitrogens with zero attached hydrogens (tertiary/aromatic N) is 3. The molecule has 1 heterocycles. The van der Waals surface area contributed by atoms with Crippen molar-refractivity contribution in [2.24, 2.45) is 10.9 Å². The highest BCUT2D eigenvalue weighted by atomic mass is 35.5. The number of nitro groups is 1. The normalized spacial score (nSPS) is 14.9. The molecule has 1 amide bonds. The van der Waals surface area contributed by atoms with Crippen molar-refractivity contribution in [1.29, 1.82) is 0 Å². The molecule has 35 heavy (non-hydrogen) atoms. The molecule has 3 aromatic carbocycles. The van der Waals surface area contributed by atoms with Gasteiger partial charge in [0.05, 0.1) is 15.7 Å². The van der Waals surface area contributed by atoms with Gasteiger partial charge in [-0.15, -0.1) is 0 Å². The number of carbonyl (C=O) groups excluding carboxylic acids is 1. The third kappa shape index (κ3) is 5.48. The summed E-state index contributed by atoms with van der Waals surface area (Å²) in [4.78, 5) is 27.6. The monoisotopic (exact) mass is 511 g/mol. The van der Waals surface area contributed by atoms with Crippen LogP contribution >= 0.6 is 11.6 Å². The molecule has 1 aliphatic heterocycles. The number of rotatable bonds is 6. The first-order chi connectivity index (χ1) is 16.8. The van der Waals surface area contributed by atoms with E-state index in [-0.39, 0.29) is 47.4 Å². The van der Waals surface area contributed by atoms with Crippen molar-refractivity contribution in [3.63, 3.8) is 0 Å². The molecule has 0 bridgehead atoms. The maximum atomic E-state index is 13.1. The second-order valence-electron chi connectivity index (χ2n) is 8.08. The van der Waals surface area contributed by atoms with Crippen LogP contribution in [0.5, 0.6) is 0 Å². The Morgan fingerprint density at radius 2 is 1.49 bits per heavy atom. The first-order valence-corrected chi connectivity index (χ1v) is 12.8. The fourth-order valence-electron chi connectivity index (χ4n) is 3.97. The molecule has 0 aliphatic carbocycles. The van der Waals surface area contributed by atoms with Gasteiger partial charge in [-0.3, -0.25) is 14.9 Å². The number of carbonyl (C=O) groups is 1. The molecule has 0 saturated carbocycles. The number of nitro benzene ring substituents is 1. The Bertz CT molecular complexity index is 1330. The highest BCUT2D eigenvalue weighted by Gasteiger charge is 2.34. The number of non-ortho nitro benzene ring substituents is 1. The summed E-state index contributed by atoms with van der Waals surface area (Å²) < 4.78 is 27.4. The minimum absolute atomic E-state index is 0.0826. The van der Waals surface area contributed by atoms with Gasteiger partial charge in [0.25, 0.3) is 5.69 Å². The van der Waals surface area contributed by atoms with E-state index in [9.17, 15) is 23.3 Å². The fourth-order valence-corrected chi connectivity index (χ4v) is 5.94. The predicted octanol–water partition coefficient (Wildman–Crippen LogP) is 4.71. The molecule has 10 heteroatoms. The third-order valence-corrected chi connectivity index (χ3v) is 8.24. The van der Waals surface area contributed by atoms with Gasteiger partial charge in [-0.05, 0) is 18.9 Å². The lowest BCUT2D eigenvalue weighted by molar-refractivity contribution is -0.385. The zero-order valence-corrected chi connectivity index (χ0v) is 20.2. The van der Waals surface area contributed by atoms with Crippen molar-refractivity contribution in [2.75, 3.05) is 13.1 Å². The van der Waals surface area contributed by atoms with Crippen LogP contribution in [0.2, 0.25) is 5.02 Å². The second kappa shape index (κ2) is 10.5. The van der Waals surface area contributed by atoms with Crippen LogP contribution in [0.25, 0.3) is 0 Å². The zero-order valence-electron chi connectivity index (χ0n) is 18.6. The summed E-state index contributed by atoms with van der Waals surface area (Å²) in [5, 5.41) is 11.0. The van der Waals surface area contributed by atoms with E-state index in [1.807, 2.05) is 60.7 Å². The van der Waals surface area contributed by atoms with Crippen LogP contribution in [0.1, 0.15) is 24.0 Å². The lowest BCUT2D eigenvalue weighted by atomic mass is 9.96. The number of aliphatic imine (C=N–C) groups is 1. The summed E-state index contributed by atoms with van der Waals surface area (Å²) in [6.45, 7) is 0.165. The van der Waals surface area contributed by atoms with E-state index in [0.717, 1.165) is 23.3 Å². The molecule has 8 nitrogen and oxygen atoms in total. The van der Waals surface area contributed by atoms with Crippen molar-refractivity contribution in [3.8, 4) is 0 Å². The summed E-state index contributed by atoms with van der Waals surface area (Å²) in [7, 11) is -4.06. The average Bonchev–Trinajstić information content (AvgIpc) is 2.88. The van der Waals surface area contributed by atoms with Gasteiger partial charge in [0.15, 0.2) is 0 Å². The molecule has 1 saturated heterocycles. The molecule has 3 aromatic rings. The molecule has 0 unspecified atom stereocenters. The maximum absolute atomic E-state index is 13.1. The van der Waals surface area contributed by atoms with Crippen LogP contribution < -0.4 is 0 Å². The Labute approximate surface area is 208 Å². The summed E-state index contributed by atoms with van der Waals surface area (Å²) >= 11 is 6.06. The summed E-state index contributed by atoms with van der Waals surface area (Å²) in [6, 6.07) is 22.1. The molecule has 1 aliphatic rings. The van der Waals surface area contributed by atoms with Crippen LogP contribution in [0.4, 0.5) is 5.69 Å². The van der Waals surface area contributed by atoms with Gasteiger partial charge in [0, 0.05) is 42.3 Å². The molecule has 0 aromatic heterocycles. The standard InChI is InChI=1S/C25H22ClN3O5S/c26-22-12-11-21(29(31)32)17-23(22)35(33,34)28-15-13-20(14-16-28)25(30)27-24(18-7-3-1-4-8-18)19-9-5-2-6-10-19/h1-12,17,20H,13-16H2. The van der Waals surface area contributed by atoms with Crippen LogP contribution in [0, 0.1) is 16.0 Å². The van der Waals surface area contributed by atoms with E-state index < -0.39 is 20.9 Å². The molecule has 0 atom stereocenters. The fraction of sp³-hybridized carbons (Fsp3) is 0.200. The first-order valence-electron chi connectivity index (χ1n) is 10.9. The van der Waals surface area contributed by atoms with E-state index in [2.05, 4.69) is 4.99 Å². The van der Waals surface area contributed by atoms with Gasteiger partial charge in [0.2, 0.25) is 15.9 Å². The molecular weight excluding hydrogens is 490 g/mol. The number of piperidine rings is 1. The molecule has 1 fully saturated rings. The molecule has 0 spiro atoms. The topological polar surface area (TPSA) is 110 Å². The summed E-state index contributed by atoms with van der Waals surface area (Å²) in [5.74, 6) is -0.748. The number of hydrogen-bond acceptors (Lipinski definition) is 5. The van der Waals surface area contributed by atoms with E-state index in [0.29, 0.717) is 5.71 Å². The minimum Gasteiger partial charge on any atom is -0.272 e. The van der Waals surface area contributed by atoms with E-state index in [4.69, 9.17) is 11.6 Å². The summed E-state index contributed by atoms with van der Waals surface area (Å²) in [6.07, 6.45) is 0.565. The van der Waals surface area contributed by atoms with Gasteiger partial charge in [0.1, 0.15) is 4.90 Å². The molecule has 4 rings (SSSR count). The van der Waals surface area contributed by atoms with Crippen molar-refractivity contribution in [2.45, 2.75) is 17.7 Å². The Morgan fingerprint density at radius 3 is 2.00 bits per heavy atom. The zero-order chi connectivity index (χ0) is 25.0. The average molecular weight is 512 g/mol. The second-order valence-corrected chi connectivity index (χ2v) is 10.4. The smallest absolute Gasteiger partial charge is 0.270 e. The Hall–Kier alpha value is -3.40. The van der Waals surface area contributed by atoms with Gasteiger partial charge in [-0.25, -0.2) is 13.4 Å². The van der Waals surface area contributed by atoms with Crippen LogP contribution in [-0.4, -0.2) is 42.4 Å². The Balaban J connectivity index is 1.53. The molecular formula is C25H22ClN3O5S. The van der Waals surface area contributed by atoms with E-state index in [1.54, 1.807) is 0 Å². The molecule has 0 radical (unpaired) electrons. The highest BCUT2D eigenvalue weighted by Crippen LogP contribution is 2.31. The van der Waals surface area contributed by atoms with Crippen LogP contribution in [0.3, 0.4) is 0 Å². The van der Waals surface area contributed by atoms with Crippen LogP contribution in [0.15, 0.2) is 88.8 Å². The molecule has 180 valence electrons. The predicted molar refractivity (Wildman–Crippen MR) is 133 cm³/mol. The largest absolute Gasteiger partial charge is 0.272 e. The summed E-state index contributed by atoms with van der Waals surface area (Å²) in [5.41, 5.74) is 1.83. The van der Waals surface area contributed by atoms with Crippen LogP contribution in [-0.2, 0) is 14.8 Å². The quantitative estimate of drug-likeness (QED) is 0.270. The van der Waals surface area contributed by atoms with E-state index >= 15 is 0 Å². The SMILES string of the molecule is O=C(N=C(c1ccccc1)c1ccccc1)C1CCN(S(=O)(=O)c2cc([N+](=O)[O-])ccc2Cl)CC1. The third-order valence-electron chi connectivity index (χ3n) is 5.86. The first kappa shape index (κ1) is 24.7. The Morgan fingerprint density at radius 1 is 0.943 bits per heavy atom. The highest BCUT2D eigenvalue weighted by molar-refractivity contribution is 7.89. The van der Waals surface area contributed by atoms with Crippen molar-refractivity contribution < 1.29 is 18.1 Å². The number of halogens is 1. The van der Waals surface area contributed by atoms with Gasteiger partial charge < -0.3 is 0 Å².